The molecule has 0 unspecified atom stereocenters. The summed E-state index contributed by atoms with van der Waals surface area (Å²) >= 11 is 0. The fourth-order valence-corrected chi connectivity index (χ4v) is 2.99. The van der Waals surface area contributed by atoms with E-state index < -0.39 is 0 Å². The Hall–Kier alpha value is -3.85. The number of rotatable bonds is 6. The van der Waals surface area contributed by atoms with Gasteiger partial charge in [-0.15, -0.1) is 10.2 Å². The standard InChI is InChI=1S/C20H18FN7O/c21-9-14(10-22)11-28-20(29)27(13-25-28)18-6-2-4-16(8-18)15-3-1-5-17(7-15)19-23-12-24-26-19/h1-9,12-13H,10-11,22H2,(H,23,24,26)/b14-9-. The third-order valence-electron chi connectivity index (χ3n) is 4.51. The van der Waals surface area contributed by atoms with Gasteiger partial charge in [-0.3, -0.25) is 0 Å². The lowest BCUT2D eigenvalue weighted by molar-refractivity contribution is 0.612. The topological polar surface area (TPSA) is 107 Å². The van der Waals surface area contributed by atoms with E-state index in [0.29, 0.717) is 17.8 Å². The molecule has 0 radical (unpaired) electrons. The molecule has 2 aromatic carbocycles. The Morgan fingerprint density at radius 2 is 1.90 bits per heavy atom. The number of H-pyrrole nitrogens is 1. The average molecular weight is 391 g/mol. The molecule has 0 aliphatic rings. The summed E-state index contributed by atoms with van der Waals surface area (Å²) in [5.74, 6) is 0.678. The second kappa shape index (κ2) is 8.03. The minimum atomic E-state index is -0.370. The van der Waals surface area contributed by atoms with Crippen LogP contribution in [0.3, 0.4) is 0 Å². The van der Waals surface area contributed by atoms with Gasteiger partial charge in [-0.05, 0) is 34.9 Å². The summed E-state index contributed by atoms with van der Waals surface area (Å²) in [5, 5.41) is 11.9. The van der Waals surface area contributed by atoms with Crippen LogP contribution >= 0.6 is 0 Å². The van der Waals surface area contributed by atoms with Gasteiger partial charge in [-0.2, -0.15) is 5.10 Å². The van der Waals surface area contributed by atoms with Gasteiger partial charge in [-0.1, -0.05) is 30.3 Å². The van der Waals surface area contributed by atoms with Gasteiger partial charge < -0.3 is 10.7 Å². The first kappa shape index (κ1) is 18.5. The van der Waals surface area contributed by atoms with Crippen LogP contribution in [0.4, 0.5) is 4.39 Å². The summed E-state index contributed by atoms with van der Waals surface area (Å²) in [6, 6.07) is 15.4. The predicted molar refractivity (Wildman–Crippen MR) is 107 cm³/mol. The number of halogens is 1. The molecule has 0 spiro atoms. The number of nitrogens with zero attached hydrogens (tertiary/aromatic N) is 5. The Morgan fingerprint density at radius 3 is 2.62 bits per heavy atom. The number of hydrogen-bond acceptors (Lipinski definition) is 5. The van der Waals surface area contributed by atoms with Gasteiger partial charge in [0.25, 0.3) is 0 Å². The zero-order valence-corrected chi connectivity index (χ0v) is 15.4. The number of nitrogens with one attached hydrogen (secondary N) is 1. The first-order valence-corrected chi connectivity index (χ1v) is 8.89. The molecule has 4 aromatic rings. The Kier molecular flexibility index (Phi) is 5.12. The van der Waals surface area contributed by atoms with Crippen LogP contribution in [0.25, 0.3) is 28.2 Å². The highest BCUT2D eigenvalue weighted by molar-refractivity contribution is 5.71. The number of aromatic amines is 1. The molecule has 2 aromatic heterocycles. The van der Waals surface area contributed by atoms with E-state index >= 15 is 0 Å². The lowest BCUT2D eigenvalue weighted by Crippen LogP contribution is -2.25. The van der Waals surface area contributed by atoms with Crippen LogP contribution in [0, 0.1) is 0 Å². The van der Waals surface area contributed by atoms with E-state index in [2.05, 4.69) is 20.3 Å². The zero-order valence-electron chi connectivity index (χ0n) is 15.4. The van der Waals surface area contributed by atoms with E-state index in [9.17, 15) is 9.18 Å². The number of nitrogens with two attached hydrogens (primary N) is 1. The van der Waals surface area contributed by atoms with Crippen molar-refractivity contribution in [3.63, 3.8) is 0 Å². The molecule has 0 aliphatic carbocycles. The van der Waals surface area contributed by atoms with E-state index in [-0.39, 0.29) is 24.4 Å². The average Bonchev–Trinajstić information content (AvgIpc) is 3.43. The number of aromatic nitrogens is 6. The Labute approximate surface area is 165 Å². The van der Waals surface area contributed by atoms with Crippen molar-refractivity contribution in [3.8, 4) is 28.2 Å². The Balaban J connectivity index is 1.68. The van der Waals surface area contributed by atoms with Crippen molar-refractivity contribution in [2.24, 2.45) is 5.73 Å². The second-order valence-electron chi connectivity index (χ2n) is 6.38. The molecule has 3 N–H and O–H groups in total. The molecular formula is C20H18FN7O. The quantitative estimate of drug-likeness (QED) is 0.524. The van der Waals surface area contributed by atoms with Gasteiger partial charge in [0.05, 0.1) is 18.6 Å². The molecule has 0 saturated heterocycles. The fourth-order valence-electron chi connectivity index (χ4n) is 2.99. The lowest BCUT2D eigenvalue weighted by Gasteiger charge is -2.07. The number of benzene rings is 2. The van der Waals surface area contributed by atoms with Crippen LogP contribution in [0.15, 0.2) is 77.9 Å². The maximum atomic E-state index is 12.8. The van der Waals surface area contributed by atoms with E-state index in [1.165, 1.54) is 21.9 Å². The van der Waals surface area contributed by atoms with Gasteiger partial charge in [0, 0.05) is 12.1 Å². The summed E-state index contributed by atoms with van der Waals surface area (Å²) in [5.41, 5.74) is 8.83. The number of hydrogen-bond donors (Lipinski definition) is 2. The predicted octanol–water partition coefficient (Wildman–Crippen LogP) is 2.30. The molecule has 4 rings (SSSR count). The van der Waals surface area contributed by atoms with Crippen LogP contribution < -0.4 is 11.4 Å². The molecule has 8 nitrogen and oxygen atoms in total. The fraction of sp³-hybridized carbons (Fsp3) is 0.100. The molecular weight excluding hydrogens is 373 g/mol. The minimum absolute atomic E-state index is 0.0117. The normalized spacial score (nSPS) is 11.7. The molecule has 0 fully saturated rings. The molecule has 9 heteroatoms. The zero-order chi connectivity index (χ0) is 20.2. The van der Waals surface area contributed by atoms with Crippen molar-refractivity contribution < 1.29 is 4.39 Å². The first-order chi connectivity index (χ1) is 14.2. The maximum absolute atomic E-state index is 12.8. The van der Waals surface area contributed by atoms with Crippen molar-refractivity contribution in [1.82, 2.24) is 29.5 Å². The van der Waals surface area contributed by atoms with Crippen LogP contribution in [0.1, 0.15) is 0 Å². The highest BCUT2D eigenvalue weighted by atomic mass is 19.1. The van der Waals surface area contributed by atoms with Gasteiger partial charge in [0.1, 0.15) is 12.7 Å². The molecule has 146 valence electrons. The third kappa shape index (κ3) is 3.76. The summed E-state index contributed by atoms with van der Waals surface area (Å²) < 4.78 is 15.4. The van der Waals surface area contributed by atoms with E-state index in [4.69, 9.17) is 5.73 Å². The molecule has 0 atom stereocenters. The minimum Gasteiger partial charge on any atom is -0.328 e. The maximum Gasteiger partial charge on any atom is 0.350 e. The van der Waals surface area contributed by atoms with Crippen molar-refractivity contribution >= 4 is 0 Å². The van der Waals surface area contributed by atoms with E-state index in [1.807, 2.05) is 48.5 Å². The molecule has 0 saturated carbocycles. The van der Waals surface area contributed by atoms with Crippen LogP contribution in [0.2, 0.25) is 0 Å². The largest absolute Gasteiger partial charge is 0.350 e. The Morgan fingerprint density at radius 1 is 1.14 bits per heavy atom. The monoisotopic (exact) mass is 391 g/mol. The van der Waals surface area contributed by atoms with Gasteiger partial charge in [0.2, 0.25) is 0 Å². The summed E-state index contributed by atoms with van der Waals surface area (Å²) in [4.78, 5) is 15.6. The van der Waals surface area contributed by atoms with E-state index in [0.717, 1.165) is 16.7 Å². The molecule has 2 heterocycles. The molecule has 29 heavy (non-hydrogen) atoms. The Bertz CT molecular complexity index is 1210. The third-order valence-corrected chi connectivity index (χ3v) is 4.51. The van der Waals surface area contributed by atoms with Crippen molar-refractivity contribution in [3.05, 3.63) is 83.6 Å². The second-order valence-corrected chi connectivity index (χ2v) is 6.38. The van der Waals surface area contributed by atoms with Crippen molar-refractivity contribution in [2.75, 3.05) is 6.54 Å². The van der Waals surface area contributed by atoms with Crippen LogP contribution in [0.5, 0.6) is 0 Å². The summed E-state index contributed by atoms with van der Waals surface area (Å²) in [7, 11) is 0. The van der Waals surface area contributed by atoms with Gasteiger partial charge in [0.15, 0.2) is 5.82 Å². The summed E-state index contributed by atoms with van der Waals surface area (Å²) in [6.45, 7) is 0.0323. The highest BCUT2D eigenvalue weighted by Crippen LogP contribution is 2.25. The van der Waals surface area contributed by atoms with Crippen molar-refractivity contribution in [1.29, 1.82) is 0 Å². The van der Waals surface area contributed by atoms with Crippen LogP contribution in [-0.4, -0.2) is 36.1 Å². The summed E-state index contributed by atoms with van der Waals surface area (Å²) in [6.07, 6.45) is 3.35. The highest BCUT2D eigenvalue weighted by Gasteiger charge is 2.10. The van der Waals surface area contributed by atoms with Gasteiger partial charge >= 0.3 is 5.69 Å². The molecule has 0 bridgehead atoms. The lowest BCUT2D eigenvalue weighted by atomic mass is 10.0. The molecule has 0 aliphatic heterocycles. The van der Waals surface area contributed by atoms with Crippen molar-refractivity contribution in [2.45, 2.75) is 6.54 Å². The smallest absolute Gasteiger partial charge is 0.328 e. The molecule has 0 amide bonds. The van der Waals surface area contributed by atoms with Gasteiger partial charge in [-0.25, -0.2) is 18.4 Å². The van der Waals surface area contributed by atoms with E-state index in [1.54, 1.807) is 0 Å². The van der Waals surface area contributed by atoms with Crippen LogP contribution in [-0.2, 0) is 6.54 Å². The SMILES string of the molecule is NC/C(=C/F)Cn1ncn(-c2cccc(-c3cccc(-c4nnc[nH]4)c3)c2)c1=O. The first-order valence-electron chi connectivity index (χ1n) is 8.89.